The van der Waals surface area contributed by atoms with Crippen molar-refractivity contribution in [3.63, 3.8) is 0 Å². The summed E-state index contributed by atoms with van der Waals surface area (Å²) in [5.74, 6) is -0.683. The van der Waals surface area contributed by atoms with E-state index < -0.39 is 11.8 Å². The summed E-state index contributed by atoms with van der Waals surface area (Å²) in [6, 6.07) is 2.43. The van der Waals surface area contributed by atoms with Gasteiger partial charge < -0.3 is 20.2 Å². The van der Waals surface area contributed by atoms with Crippen LogP contribution in [0, 0.1) is 5.82 Å². The van der Waals surface area contributed by atoms with Crippen molar-refractivity contribution in [1.82, 2.24) is 4.98 Å². The van der Waals surface area contributed by atoms with Gasteiger partial charge in [0.05, 0.1) is 19.2 Å². The summed E-state index contributed by atoms with van der Waals surface area (Å²) < 4.78 is 23.4. The molecular weight excluding hydrogens is 239 g/mol. The molecule has 2 aromatic rings. The number of halogens is 1. The van der Waals surface area contributed by atoms with E-state index in [2.05, 4.69) is 4.98 Å². The smallest absolute Gasteiger partial charge is 0.342 e. The largest absolute Gasteiger partial charge is 0.494 e. The Morgan fingerprint density at radius 2 is 2.22 bits per heavy atom. The zero-order chi connectivity index (χ0) is 13.3. The molecule has 96 valence electrons. The number of fused-ring (bicyclic) bond motifs is 1. The average Bonchev–Trinajstić information content (AvgIpc) is 2.64. The third-order valence-corrected chi connectivity index (χ3v) is 2.56. The molecule has 0 saturated heterocycles. The predicted molar refractivity (Wildman–Crippen MR) is 65.2 cm³/mol. The van der Waals surface area contributed by atoms with Gasteiger partial charge in [-0.3, -0.25) is 0 Å². The summed E-state index contributed by atoms with van der Waals surface area (Å²) in [5.41, 5.74) is 6.32. The third kappa shape index (κ3) is 1.85. The molecule has 0 aliphatic rings. The zero-order valence-corrected chi connectivity index (χ0v) is 10.0. The summed E-state index contributed by atoms with van der Waals surface area (Å²) in [4.78, 5) is 14.6. The predicted octanol–water partition coefficient (Wildman–Crippen LogP) is 2.07. The third-order valence-electron chi connectivity index (χ3n) is 2.56. The molecule has 0 aliphatic heterocycles. The van der Waals surface area contributed by atoms with Crippen LogP contribution >= 0.6 is 0 Å². The number of carbonyl (C=O) groups is 1. The number of carbonyl (C=O) groups excluding carboxylic acids is 1. The van der Waals surface area contributed by atoms with E-state index in [-0.39, 0.29) is 23.7 Å². The fraction of sp³-hybridized carbons (Fsp3) is 0.250. The molecule has 0 atom stereocenters. The van der Waals surface area contributed by atoms with E-state index in [4.69, 9.17) is 15.2 Å². The molecule has 18 heavy (non-hydrogen) atoms. The Labute approximate surface area is 103 Å². The molecule has 0 bridgehead atoms. The number of esters is 1. The Balaban J connectivity index is 2.70. The van der Waals surface area contributed by atoms with Crippen LogP contribution in [0.2, 0.25) is 0 Å². The lowest BCUT2D eigenvalue weighted by Gasteiger charge is -2.03. The molecule has 5 nitrogen and oxygen atoms in total. The molecule has 6 heteroatoms. The Morgan fingerprint density at radius 1 is 1.50 bits per heavy atom. The fourth-order valence-electron chi connectivity index (χ4n) is 1.83. The molecule has 0 radical (unpaired) electrons. The summed E-state index contributed by atoms with van der Waals surface area (Å²) in [5, 5.41) is 0.350. The number of hydrogen-bond acceptors (Lipinski definition) is 4. The highest BCUT2D eigenvalue weighted by Gasteiger charge is 2.20. The Bertz CT molecular complexity index is 607. The van der Waals surface area contributed by atoms with Gasteiger partial charge in [0.15, 0.2) is 0 Å². The molecule has 1 aromatic carbocycles. The average molecular weight is 252 g/mol. The minimum absolute atomic E-state index is 0.129. The number of anilines is 1. The number of hydrogen-bond donors (Lipinski definition) is 2. The number of aromatic nitrogens is 1. The number of benzene rings is 1. The van der Waals surface area contributed by atoms with Crippen molar-refractivity contribution in [3.8, 4) is 5.75 Å². The van der Waals surface area contributed by atoms with Gasteiger partial charge in [-0.1, -0.05) is 0 Å². The number of nitrogens with one attached hydrogen (secondary N) is 1. The Hall–Kier alpha value is -2.24. The number of H-pyrrole nitrogens is 1. The van der Waals surface area contributed by atoms with Gasteiger partial charge in [-0.05, 0) is 13.0 Å². The summed E-state index contributed by atoms with van der Waals surface area (Å²) in [6.07, 6.45) is 0. The van der Waals surface area contributed by atoms with Crippen molar-refractivity contribution >= 4 is 22.7 Å². The lowest BCUT2D eigenvalue weighted by Crippen LogP contribution is -2.06. The lowest BCUT2D eigenvalue weighted by atomic mass is 10.1. The van der Waals surface area contributed by atoms with Crippen molar-refractivity contribution in [2.45, 2.75) is 6.92 Å². The van der Waals surface area contributed by atoms with Crippen LogP contribution in [0.4, 0.5) is 10.2 Å². The molecule has 1 aromatic heterocycles. The minimum Gasteiger partial charge on any atom is -0.494 e. The maximum atomic E-state index is 13.4. The molecule has 0 amide bonds. The highest BCUT2D eigenvalue weighted by Crippen LogP contribution is 2.32. The lowest BCUT2D eigenvalue weighted by molar-refractivity contribution is 0.0530. The Morgan fingerprint density at radius 3 is 2.83 bits per heavy atom. The molecule has 3 N–H and O–H groups in total. The molecule has 0 saturated carbocycles. The van der Waals surface area contributed by atoms with Crippen LogP contribution in [-0.4, -0.2) is 24.7 Å². The van der Waals surface area contributed by atoms with Gasteiger partial charge in [0.2, 0.25) is 0 Å². The van der Waals surface area contributed by atoms with Gasteiger partial charge in [0, 0.05) is 11.5 Å². The number of rotatable bonds is 3. The van der Waals surface area contributed by atoms with Crippen LogP contribution in [0.5, 0.6) is 5.75 Å². The summed E-state index contributed by atoms with van der Waals surface area (Å²) in [6.45, 7) is 1.90. The topological polar surface area (TPSA) is 77.3 Å². The van der Waals surface area contributed by atoms with Crippen LogP contribution in [0.1, 0.15) is 17.3 Å². The number of methoxy groups -OCH3 is 1. The number of ether oxygens (including phenoxy) is 2. The van der Waals surface area contributed by atoms with Gasteiger partial charge in [-0.2, -0.15) is 0 Å². The SMILES string of the molecule is CCOC(=O)c1c(N)[nH]c2c(OC)cc(F)cc12. The van der Waals surface area contributed by atoms with Gasteiger partial charge >= 0.3 is 5.97 Å². The van der Waals surface area contributed by atoms with Crippen LogP contribution in [0.3, 0.4) is 0 Å². The number of aromatic amines is 1. The first-order valence-corrected chi connectivity index (χ1v) is 5.40. The van der Waals surface area contributed by atoms with Gasteiger partial charge in [0.1, 0.15) is 22.9 Å². The van der Waals surface area contributed by atoms with Gasteiger partial charge in [0.25, 0.3) is 0 Å². The van der Waals surface area contributed by atoms with Crippen molar-refractivity contribution in [2.24, 2.45) is 0 Å². The molecular formula is C12H13FN2O3. The van der Waals surface area contributed by atoms with Crippen molar-refractivity contribution in [1.29, 1.82) is 0 Å². The van der Waals surface area contributed by atoms with E-state index in [0.717, 1.165) is 0 Å². The molecule has 0 fully saturated rings. The van der Waals surface area contributed by atoms with Crippen LogP contribution in [0.25, 0.3) is 10.9 Å². The van der Waals surface area contributed by atoms with E-state index in [1.54, 1.807) is 6.92 Å². The van der Waals surface area contributed by atoms with E-state index in [0.29, 0.717) is 10.9 Å². The summed E-state index contributed by atoms with van der Waals surface area (Å²) in [7, 11) is 1.41. The van der Waals surface area contributed by atoms with Crippen molar-refractivity contribution < 1.29 is 18.7 Å². The minimum atomic E-state index is -0.589. The van der Waals surface area contributed by atoms with E-state index in [1.165, 1.54) is 19.2 Å². The zero-order valence-electron chi connectivity index (χ0n) is 10.0. The van der Waals surface area contributed by atoms with Crippen LogP contribution in [0.15, 0.2) is 12.1 Å². The first kappa shape index (κ1) is 12.2. The molecule has 0 unspecified atom stereocenters. The molecule has 2 rings (SSSR count). The first-order chi connectivity index (χ1) is 8.58. The van der Waals surface area contributed by atoms with Gasteiger partial charge in [-0.25, -0.2) is 9.18 Å². The molecule has 0 aliphatic carbocycles. The van der Waals surface area contributed by atoms with Crippen LogP contribution < -0.4 is 10.5 Å². The Kier molecular flexibility index (Phi) is 3.10. The second-order valence-electron chi connectivity index (χ2n) is 3.66. The van der Waals surface area contributed by atoms with E-state index in [9.17, 15) is 9.18 Å². The normalized spacial score (nSPS) is 10.6. The highest BCUT2D eigenvalue weighted by atomic mass is 19.1. The second kappa shape index (κ2) is 4.56. The standard InChI is InChI=1S/C12H13FN2O3/c1-3-18-12(16)9-7-4-6(13)5-8(17-2)10(7)15-11(9)14/h4-5,15H,3,14H2,1-2H3. The van der Waals surface area contributed by atoms with Gasteiger partial charge in [-0.15, -0.1) is 0 Å². The molecule has 1 heterocycles. The molecule has 0 spiro atoms. The van der Waals surface area contributed by atoms with E-state index >= 15 is 0 Å². The monoisotopic (exact) mass is 252 g/mol. The maximum Gasteiger partial charge on any atom is 0.342 e. The van der Waals surface area contributed by atoms with E-state index in [1.807, 2.05) is 0 Å². The quantitative estimate of drug-likeness (QED) is 0.820. The summed E-state index contributed by atoms with van der Waals surface area (Å²) >= 11 is 0. The first-order valence-electron chi connectivity index (χ1n) is 5.40. The fourth-order valence-corrected chi connectivity index (χ4v) is 1.83. The second-order valence-corrected chi connectivity index (χ2v) is 3.66. The maximum absolute atomic E-state index is 13.4. The van der Waals surface area contributed by atoms with Crippen molar-refractivity contribution in [2.75, 3.05) is 19.5 Å². The number of nitrogen functional groups attached to an aromatic ring is 1. The van der Waals surface area contributed by atoms with Crippen LogP contribution in [-0.2, 0) is 4.74 Å². The number of nitrogens with two attached hydrogens (primary N) is 1. The highest BCUT2D eigenvalue weighted by molar-refractivity contribution is 6.10. The van der Waals surface area contributed by atoms with Crippen molar-refractivity contribution in [3.05, 3.63) is 23.5 Å².